The highest BCUT2D eigenvalue weighted by Gasteiger charge is 2.65. The fourth-order valence-electron chi connectivity index (χ4n) is 11.2. The summed E-state index contributed by atoms with van der Waals surface area (Å²) in [5.74, 6) is 2.94. The minimum absolute atomic E-state index is 0.740. The maximum atomic E-state index is 7.09. The molecule has 0 radical (unpaired) electrons. The zero-order valence-electron chi connectivity index (χ0n) is 28.7. The Morgan fingerprint density at radius 3 is 1.89 bits per heavy atom. The van der Waals surface area contributed by atoms with E-state index in [2.05, 4.69) is 176 Å². The number of rotatable bonds is 0. The minimum Gasteiger partial charge on any atom is -0.456 e. The first-order valence-corrected chi connectivity index (χ1v) is 18.7. The summed E-state index contributed by atoms with van der Waals surface area (Å²) in [5.41, 5.74) is 8.84. The number of hydrogen-bond acceptors (Lipinski definition) is 1. The number of imidazole rings is 1. The summed E-state index contributed by atoms with van der Waals surface area (Å²) in [7, 11) is 0. The predicted octanol–water partition coefficient (Wildman–Crippen LogP) is 10.6. The number of nitrogens with zero attached hydrogens (tertiary/aromatic N) is 4. The summed E-state index contributed by atoms with van der Waals surface area (Å²) in [6.45, 7) is 0. The van der Waals surface area contributed by atoms with E-state index in [4.69, 9.17) is 4.74 Å². The molecule has 7 heterocycles. The van der Waals surface area contributed by atoms with Gasteiger partial charge in [0.15, 0.2) is 16.6 Å². The molecular formula is C49H26N4O+2. The maximum absolute atomic E-state index is 7.09. The largest absolute Gasteiger partial charge is 0.456 e. The molecule has 3 aliphatic heterocycles. The van der Waals surface area contributed by atoms with Crippen LogP contribution in [-0.2, 0) is 5.66 Å². The zero-order chi connectivity index (χ0) is 34.6. The van der Waals surface area contributed by atoms with Crippen molar-refractivity contribution in [3.05, 3.63) is 169 Å². The molecule has 0 saturated carbocycles. The van der Waals surface area contributed by atoms with E-state index in [0.29, 0.717) is 0 Å². The van der Waals surface area contributed by atoms with Crippen LogP contribution in [0.15, 0.2) is 158 Å². The third-order valence-electron chi connectivity index (χ3n) is 13.0. The number of fused-ring (bicyclic) bond motifs is 17. The van der Waals surface area contributed by atoms with Crippen molar-refractivity contribution in [1.82, 2.24) is 8.97 Å². The van der Waals surface area contributed by atoms with E-state index in [9.17, 15) is 0 Å². The van der Waals surface area contributed by atoms with E-state index < -0.39 is 5.66 Å². The molecule has 1 unspecified atom stereocenters. The molecule has 1 atom stereocenters. The second-order valence-corrected chi connectivity index (χ2v) is 15.2. The maximum Gasteiger partial charge on any atom is 0.319 e. The summed E-state index contributed by atoms with van der Waals surface area (Å²) in [6, 6.07) is 56.2. The number of benzene rings is 8. The fraction of sp³-hybridized carbons (Fsp3) is 0.0204. The lowest BCUT2D eigenvalue weighted by Gasteiger charge is -2.36. The van der Waals surface area contributed by atoms with Crippen LogP contribution >= 0.6 is 0 Å². The molecule has 15 rings (SSSR count). The van der Waals surface area contributed by atoms with E-state index in [1.807, 2.05) is 0 Å². The Labute approximate surface area is 306 Å². The van der Waals surface area contributed by atoms with Gasteiger partial charge < -0.3 is 4.74 Å². The minimum atomic E-state index is -0.740. The number of pyridine rings is 2. The highest BCUT2D eigenvalue weighted by molar-refractivity contribution is 6.29. The molecule has 0 saturated heterocycles. The monoisotopic (exact) mass is 686 g/mol. The molecule has 0 aliphatic carbocycles. The molecule has 0 amide bonds. The van der Waals surface area contributed by atoms with Gasteiger partial charge in [0.05, 0.1) is 11.6 Å². The van der Waals surface area contributed by atoms with E-state index in [1.165, 1.54) is 104 Å². The van der Waals surface area contributed by atoms with Crippen LogP contribution in [0, 0.1) is 0 Å². The molecule has 3 aliphatic rings. The summed E-state index contributed by atoms with van der Waals surface area (Å²) in [4.78, 5) is 0. The number of hydrogen-bond donors (Lipinski definition) is 0. The van der Waals surface area contributed by atoms with Crippen molar-refractivity contribution >= 4 is 92.5 Å². The molecule has 0 N–H and O–H groups in total. The Balaban J connectivity index is 1.25. The number of aromatic nitrogens is 4. The van der Waals surface area contributed by atoms with Crippen LogP contribution in [0.4, 0.5) is 0 Å². The first-order chi connectivity index (χ1) is 26.8. The van der Waals surface area contributed by atoms with Crippen molar-refractivity contribution in [2.45, 2.75) is 5.66 Å². The van der Waals surface area contributed by atoms with Crippen molar-refractivity contribution in [2.75, 3.05) is 0 Å². The van der Waals surface area contributed by atoms with Gasteiger partial charge in [-0.05, 0) is 99.0 Å². The van der Waals surface area contributed by atoms with Crippen LogP contribution in [-0.4, -0.2) is 8.97 Å². The van der Waals surface area contributed by atoms with Crippen LogP contribution < -0.4 is 13.9 Å². The highest BCUT2D eigenvalue weighted by Crippen LogP contribution is 2.58. The molecule has 8 aromatic carbocycles. The average molecular weight is 687 g/mol. The molecule has 5 heteroatoms. The molecule has 0 bridgehead atoms. The molecule has 0 fully saturated rings. The van der Waals surface area contributed by atoms with Crippen LogP contribution in [0.1, 0.15) is 11.1 Å². The zero-order valence-corrected chi connectivity index (χ0v) is 28.7. The average Bonchev–Trinajstić information content (AvgIpc) is 3.87. The molecular weight excluding hydrogens is 661 g/mol. The van der Waals surface area contributed by atoms with Gasteiger partial charge in [-0.15, -0.1) is 0 Å². The van der Waals surface area contributed by atoms with Crippen molar-refractivity contribution < 1.29 is 13.9 Å². The summed E-state index contributed by atoms with van der Waals surface area (Å²) < 4.78 is 17.3. The summed E-state index contributed by atoms with van der Waals surface area (Å²) in [5, 5.41) is 13.9. The Bertz CT molecular complexity index is 3830. The van der Waals surface area contributed by atoms with E-state index in [1.54, 1.807) is 0 Å². The normalized spacial score (nSPS) is 16.4. The lowest BCUT2D eigenvalue weighted by atomic mass is 9.83. The molecule has 4 aromatic heterocycles. The van der Waals surface area contributed by atoms with Gasteiger partial charge in [0.1, 0.15) is 33.7 Å². The smallest absolute Gasteiger partial charge is 0.319 e. The van der Waals surface area contributed by atoms with Gasteiger partial charge in [-0.1, -0.05) is 78.9 Å². The van der Waals surface area contributed by atoms with Crippen LogP contribution in [0.3, 0.4) is 0 Å². The van der Waals surface area contributed by atoms with E-state index in [0.717, 1.165) is 17.3 Å². The lowest BCUT2D eigenvalue weighted by Crippen LogP contribution is -2.75. The van der Waals surface area contributed by atoms with E-state index >= 15 is 0 Å². The van der Waals surface area contributed by atoms with Gasteiger partial charge in [0, 0.05) is 27.6 Å². The first kappa shape index (κ1) is 26.5. The van der Waals surface area contributed by atoms with Gasteiger partial charge in [-0.25, -0.2) is 0 Å². The molecule has 54 heavy (non-hydrogen) atoms. The van der Waals surface area contributed by atoms with Gasteiger partial charge in [0.25, 0.3) is 5.82 Å². The molecule has 12 aromatic rings. The first-order valence-electron chi connectivity index (χ1n) is 18.7. The topological polar surface area (TPSA) is 26.3 Å². The van der Waals surface area contributed by atoms with Crippen LogP contribution in [0.2, 0.25) is 0 Å². The van der Waals surface area contributed by atoms with Crippen LogP contribution in [0.25, 0.3) is 98.3 Å². The molecule has 246 valence electrons. The van der Waals surface area contributed by atoms with Crippen molar-refractivity contribution in [3.63, 3.8) is 0 Å². The van der Waals surface area contributed by atoms with Gasteiger partial charge in [0.2, 0.25) is 0 Å². The van der Waals surface area contributed by atoms with Crippen molar-refractivity contribution in [1.29, 1.82) is 0 Å². The quantitative estimate of drug-likeness (QED) is 0.0886. The second kappa shape index (κ2) is 8.52. The Morgan fingerprint density at radius 1 is 0.463 bits per heavy atom. The Kier molecular flexibility index (Phi) is 4.18. The van der Waals surface area contributed by atoms with Gasteiger partial charge in [-0.3, -0.25) is 0 Å². The molecule has 1 spiro atoms. The summed E-state index contributed by atoms with van der Waals surface area (Å²) >= 11 is 0. The highest BCUT2D eigenvalue weighted by atomic mass is 16.5. The lowest BCUT2D eigenvalue weighted by molar-refractivity contribution is -0.946. The number of para-hydroxylation sites is 3. The van der Waals surface area contributed by atoms with E-state index in [-0.39, 0.29) is 0 Å². The van der Waals surface area contributed by atoms with Gasteiger partial charge >= 0.3 is 11.3 Å². The van der Waals surface area contributed by atoms with Crippen LogP contribution in [0.5, 0.6) is 11.5 Å². The third kappa shape index (κ3) is 2.59. The predicted molar refractivity (Wildman–Crippen MR) is 215 cm³/mol. The summed E-state index contributed by atoms with van der Waals surface area (Å²) in [6.07, 6.45) is 2.28. The third-order valence-corrected chi connectivity index (χ3v) is 13.0. The number of ether oxygens (including phenoxy) is 1. The SMILES string of the molecule is c1cc[n+]2c(c1)-n1c3ccccc3c3ccc4c(c31)C21c2c(ccc3c5cc6c7ccccc7c7ccccc7c6cc5n5c6ccccc6[n+]1c5c23)O4. The fourth-order valence-corrected chi connectivity index (χ4v) is 11.2. The van der Waals surface area contributed by atoms with Crippen molar-refractivity contribution in [3.8, 4) is 17.3 Å². The second-order valence-electron chi connectivity index (χ2n) is 15.2. The van der Waals surface area contributed by atoms with Crippen molar-refractivity contribution in [2.24, 2.45) is 0 Å². The Morgan fingerprint density at radius 2 is 1.09 bits per heavy atom. The molecule has 5 nitrogen and oxygen atoms in total. The van der Waals surface area contributed by atoms with Gasteiger partial charge in [-0.2, -0.15) is 18.1 Å². The Hall–Kier alpha value is -7.24. The standard InChI is InChI=1S/C49H26N4O/c1-3-13-29-27(11-1)28-12-2-4-14-30(28)35-26-40-36(25-34(29)35)32-20-22-41-45-44(32)48-51(40)38-17-7-8-18-39(38)53(48)49(45)46-42(54-41)23-21-33-31-15-5-6-16-37(31)52(47(33)46)43-19-9-10-24-50(43)49/h1-26H/q+2.